The third-order valence-electron chi connectivity index (χ3n) is 4.34. The van der Waals surface area contributed by atoms with Crippen molar-refractivity contribution in [1.82, 2.24) is 9.80 Å². The second kappa shape index (κ2) is 4.97. The molecule has 1 spiro atoms. The van der Waals surface area contributed by atoms with Crippen LogP contribution in [0.25, 0.3) is 0 Å². The van der Waals surface area contributed by atoms with Crippen molar-refractivity contribution in [2.75, 3.05) is 19.6 Å². The first-order valence-corrected chi connectivity index (χ1v) is 7.52. The number of hydrogen-bond acceptors (Lipinski definition) is 3. The van der Waals surface area contributed by atoms with Gasteiger partial charge in [-0.25, -0.2) is 4.79 Å². The maximum Gasteiger partial charge on any atom is 0.410 e. The van der Waals surface area contributed by atoms with Crippen molar-refractivity contribution in [1.29, 1.82) is 0 Å². The fourth-order valence-corrected chi connectivity index (χ4v) is 2.82. The molecule has 1 unspecified atom stereocenters. The predicted molar refractivity (Wildman–Crippen MR) is 76.2 cm³/mol. The van der Waals surface area contributed by atoms with Crippen LogP contribution < -0.4 is 0 Å². The fraction of sp³-hybridized carbons (Fsp3) is 0.933. The Balaban J connectivity index is 2.00. The van der Waals surface area contributed by atoms with Gasteiger partial charge in [0.15, 0.2) is 0 Å². The maximum absolute atomic E-state index is 12.3. The molecule has 110 valence electrons. The van der Waals surface area contributed by atoms with Crippen molar-refractivity contribution < 1.29 is 9.53 Å². The summed E-state index contributed by atoms with van der Waals surface area (Å²) in [5, 5.41) is 0. The normalized spacial score (nSPS) is 24.4. The van der Waals surface area contributed by atoms with Gasteiger partial charge < -0.3 is 4.74 Å². The molecular formula is C15H28N2O2. The summed E-state index contributed by atoms with van der Waals surface area (Å²) in [6.07, 6.45) is 3.29. The number of rotatable bonds is 2. The lowest BCUT2D eigenvalue weighted by Gasteiger charge is -2.44. The van der Waals surface area contributed by atoms with Crippen LogP contribution in [0.2, 0.25) is 0 Å². The summed E-state index contributed by atoms with van der Waals surface area (Å²) in [7, 11) is 0. The number of amides is 1. The second-order valence-corrected chi connectivity index (χ2v) is 7.08. The van der Waals surface area contributed by atoms with Gasteiger partial charge in [-0.2, -0.15) is 0 Å². The van der Waals surface area contributed by atoms with Crippen LogP contribution in [0.4, 0.5) is 4.79 Å². The minimum atomic E-state index is -0.402. The molecule has 0 N–H and O–H groups in total. The smallest absolute Gasteiger partial charge is 0.410 e. The zero-order valence-corrected chi connectivity index (χ0v) is 13.0. The lowest BCUT2D eigenvalue weighted by Crippen LogP contribution is -2.59. The lowest BCUT2D eigenvalue weighted by atomic mass is 10.1. The molecule has 0 radical (unpaired) electrons. The minimum Gasteiger partial charge on any atom is -0.444 e. The highest BCUT2D eigenvalue weighted by Gasteiger charge is 2.54. The molecule has 1 saturated heterocycles. The van der Waals surface area contributed by atoms with E-state index in [1.165, 1.54) is 6.42 Å². The largest absolute Gasteiger partial charge is 0.444 e. The van der Waals surface area contributed by atoms with Gasteiger partial charge in [0.25, 0.3) is 0 Å². The predicted octanol–water partition coefficient (Wildman–Crippen LogP) is 2.87. The van der Waals surface area contributed by atoms with Crippen LogP contribution in [-0.2, 0) is 4.74 Å². The molecule has 1 saturated carbocycles. The molecule has 1 amide bonds. The number of nitrogens with zero attached hydrogens (tertiary/aromatic N) is 2. The first-order chi connectivity index (χ1) is 8.77. The van der Waals surface area contributed by atoms with Crippen molar-refractivity contribution in [3.05, 3.63) is 0 Å². The van der Waals surface area contributed by atoms with Gasteiger partial charge >= 0.3 is 6.09 Å². The zero-order valence-electron chi connectivity index (χ0n) is 13.0. The molecule has 1 aliphatic carbocycles. The van der Waals surface area contributed by atoms with E-state index >= 15 is 0 Å². The van der Waals surface area contributed by atoms with E-state index in [4.69, 9.17) is 4.74 Å². The van der Waals surface area contributed by atoms with Gasteiger partial charge in [-0.1, -0.05) is 6.92 Å². The molecule has 0 aromatic heterocycles. The Bertz CT molecular complexity index is 345. The molecule has 19 heavy (non-hydrogen) atoms. The van der Waals surface area contributed by atoms with E-state index in [-0.39, 0.29) is 11.6 Å². The second-order valence-electron chi connectivity index (χ2n) is 7.08. The third-order valence-corrected chi connectivity index (χ3v) is 4.34. The van der Waals surface area contributed by atoms with Crippen molar-refractivity contribution in [2.45, 2.75) is 71.1 Å². The van der Waals surface area contributed by atoms with Gasteiger partial charge in [-0.3, -0.25) is 9.80 Å². The number of carbonyl (C=O) groups excluding carboxylic acids is 1. The summed E-state index contributed by atoms with van der Waals surface area (Å²) in [4.78, 5) is 16.8. The standard InChI is InChI=1S/C15H28N2O2/c1-6-12(2)16-9-10-17(15(11-16)7-8-15)13(18)19-14(3,4)5/h12H,6-11H2,1-5H3. The summed E-state index contributed by atoms with van der Waals surface area (Å²) in [5.41, 5.74) is -0.328. The topological polar surface area (TPSA) is 32.8 Å². The number of ether oxygens (including phenoxy) is 1. The van der Waals surface area contributed by atoms with E-state index in [2.05, 4.69) is 18.7 Å². The minimum absolute atomic E-state index is 0.0734. The zero-order chi connectivity index (χ0) is 14.3. The van der Waals surface area contributed by atoms with Gasteiger partial charge in [0, 0.05) is 25.7 Å². The summed E-state index contributed by atoms with van der Waals surface area (Å²) < 4.78 is 5.54. The fourth-order valence-electron chi connectivity index (χ4n) is 2.82. The summed E-state index contributed by atoms with van der Waals surface area (Å²) in [6, 6.07) is 0.610. The van der Waals surface area contributed by atoms with Crippen LogP contribution in [0.15, 0.2) is 0 Å². The average Bonchev–Trinajstić information content (AvgIpc) is 3.05. The van der Waals surface area contributed by atoms with Gasteiger partial charge in [-0.15, -0.1) is 0 Å². The molecule has 0 aromatic carbocycles. The molecule has 0 bridgehead atoms. The highest BCUT2D eigenvalue weighted by Crippen LogP contribution is 2.45. The summed E-state index contributed by atoms with van der Waals surface area (Å²) in [5.74, 6) is 0. The highest BCUT2D eigenvalue weighted by atomic mass is 16.6. The monoisotopic (exact) mass is 268 g/mol. The number of hydrogen-bond donors (Lipinski definition) is 0. The Morgan fingerprint density at radius 3 is 2.42 bits per heavy atom. The van der Waals surface area contributed by atoms with E-state index in [1.807, 2.05) is 25.7 Å². The van der Waals surface area contributed by atoms with Crippen molar-refractivity contribution in [2.24, 2.45) is 0 Å². The molecule has 2 rings (SSSR count). The van der Waals surface area contributed by atoms with Gasteiger partial charge in [0.05, 0.1) is 5.54 Å². The van der Waals surface area contributed by atoms with Crippen LogP contribution in [0.1, 0.15) is 53.9 Å². The molecule has 2 fully saturated rings. The van der Waals surface area contributed by atoms with Crippen LogP contribution in [0.3, 0.4) is 0 Å². The van der Waals surface area contributed by atoms with E-state index in [0.29, 0.717) is 6.04 Å². The lowest BCUT2D eigenvalue weighted by molar-refractivity contribution is -0.0128. The van der Waals surface area contributed by atoms with Gasteiger partial charge in [-0.05, 0) is 47.0 Å². The Kier molecular flexibility index (Phi) is 3.83. The van der Waals surface area contributed by atoms with E-state index in [0.717, 1.165) is 32.5 Å². The Morgan fingerprint density at radius 1 is 1.32 bits per heavy atom. The first kappa shape index (κ1) is 14.6. The maximum atomic E-state index is 12.3. The molecule has 0 aromatic rings. The Labute approximate surface area is 117 Å². The van der Waals surface area contributed by atoms with Gasteiger partial charge in [0.2, 0.25) is 0 Å². The van der Waals surface area contributed by atoms with Gasteiger partial charge in [0.1, 0.15) is 5.60 Å². The molecule has 4 nitrogen and oxygen atoms in total. The molecule has 2 aliphatic rings. The molecule has 4 heteroatoms. The van der Waals surface area contributed by atoms with Crippen molar-refractivity contribution in [3.8, 4) is 0 Å². The molecule has 1 aliphatic heterocycles. The average molecular weight is 268 g/mol. The van der Waals surface area contributed by atoms with Crippen LogP contribution in [0.5, 0.6) is 0 Å². The van der Waals surface area contributed by atoms with E-state index < -0.39 is 5.60 Å². The van der Waals surface area contributed by atoms with E-state index in [1.54, 1.807) is 0 Å². The number of piperazine rings is 1. The molecule has 1 heterocycles. The Morgan fingerprint density at radius 2 is 1.95 bits per heavy atom. The van der Waals surface area contributed by atoms with Crippen molar-refractivity contribution in [3.63, 3.8) is 0 Å². The number of carbonyl (C=O) groups is 1. The Hall–Kier alpha value is -0.770. The van der Waals surface area contributed by atoms with Crippen LogP contribution in [-0.4, -0.2) is 52.7 Å². The SMILES string of the molecule is CCC(C)N1CCN(C(=O)OC(C)(C)C)C2(CC2)C1. The van der Waals surface area contributed by atoms with Crippen LogP contribution >= 0.6 is 0 Å². The molecule has 1 atom stereocenters. The quantitative estimate of drug-likeness (QED) is 0.772. The summed E-state index contributed by atoms with van der Waals surface area (Å²) >= 11 is 0. The highest BCUT2D eigenvalue weighted by molar-refractivity contribution is 5.70. The third kappa shape index (κ3) is 3.22. The first-order valence-electron chi connectivity index (χ1n) is 7.52. The van der Waals surface area contributed by atoms with Crippen LogP contribution in [0, 0.1) is 0 Å². The van der Waals surface area contributed by atoms with E-state index in [9.17, 15) is 4.79 Å². The molecular weight excluding hydrogens is 240 g/mol. The van der Waals surface area contributed by atoms with Crippen molar-refractivity contribution >= 4 is 6.09 Å². The summed E-state index contributed by atoms with van der Waals surface area (Å²) in [6.45, 7) is 13.1.